The lowest BCUT2D eigenvalue weighted by Crippen LogP contribution is -2.33. The highest BCUT2D eigenvalue weighted by Crippen LogP contribution is 2.54. The Morgan fingerprint density at radius 2 is 1.64 bits per heavy atom. The van der Waals surface area contributed by atoms with E-state index in [-0.39, 0.29) is 29.1 Å². The molecule has 6 rings (SSSR count). The van der Waals surface area contributed by atoms with Crippen molar-refractivity contribution >= 4 is 52.2 Å². The smallest absolute Gasteiger partial charge is 0.308 e. The van der Waals surface area contributed by atoms with Crippen LogP contribution in [0.5, 0.6) is 17.2 Å². The molecule has 0 spiro atoms. The minimum Gasteiger partial charge on any atom is -0.497 e. The molecule has 3 unspecified atom stereocenters. The van der Waals surface area contributed by atoms with E-state index >= 15 is 0 Å². The van der Waals surface area contributed by atoms with Crippen LogP contribution in [0.4, 0.5) is 11.4 Å². The molecule has 226 valence electrons. The third-order valence-corrected chi connectivity index (χ3v) is 10.4. The second kappa shape index (κ2) is 11.9. The van der Waals surface area contributed by atoms with Gasteiger partial charge in [0.15, 0.2) is 11.5 Å². The van der Waals surface area contributed by atoms with E-state index in [9.17, 15) is 19.2 Å². The molecule has 1 N–H and O–H groups in total. The van der Waals surface area contributed by atoms with Crippen molar-refractivity contribution in [1.82, 2.24) is 4.57 Å². The van der Waals surface area contributed by atoms with Crippen LogP contribution in [0.2, 0.25) is 0 Å². The van der Waals surface area contributed by atoms with Crippen LogP contribution < -0.4 is 29.3 Å². The molecule has 12 heteroatoms. The van der Waals surface area contributed by atoms with Crippen molar-refractivity contribution in [3.63, 3.8) is 0 Å². The molecule has 0 aliphatic carbocycles. The summed E-state index contributed by atoms with van der Waals surface area (Å²) in [6, 6.07) is 19.4. The lowest BCUT2D eigenvalue weighted by molar-refractivity contribution is -0.122. The molecule has 0 radical (unpaired) electrons. The van der Waals surface area contributed by atoms with Gasteiger partial charge in [-0.1, -0.05) is 41.3 Å². The van der Waals surface area contributed by atoms with E-state index in [4.69, 9.17) is 14.2 Å². The van der Waals surface area contributed by atoms with E-state index in [1.54, 1.807) is 49.6 Å². The highest BCUT2D eigenvalue weighted by atomic mass is 32.2. The number of imide groups is 1. The second-order valence-electron chi connectivity index (χ2n) is 10.4. The first-order chi connectivity index (χ1) is 21.2. The van der Waals surface area contributed by atoms with Crippen molar-refractivity contribution in [3.05, 3.63) is 92.4 Å². The highest BCUT2D eigenvalue weighted by molar-refractivity contribution is 8.00. The van der Waals surface area contributed by atoms with Gasteiger partial charge in [-0.2, -0.15) is 0 Å². The first-order valence-electron chi connectivity index (χ1n) is 13.7. The summed E-state index contributed by atoms with van der Waals surface area (Å²) < 4.78 is 17.6. The van der Waals surface area contributed by atoms with Crippen molar-refractivity contribution in [2.45, 2.75) is 29.7 Å². The summed E-state index contributed by atoms with van der Waals surface area (Å²) >= 11 is 2.14. The van der Waals surface area contributed by atoms with Crippen LogP contribution >= 0.6 is 23.1 Å². The van der Waals surface area contributed by atoms with Crippen LogP contribution in [0.25, 0.3) is 0 Å². The average Bonchev–Trinajstić information content (AvgIpc) is 3.46. The van der Waals surface area contributed by atoms with Crippen LogP contribution in [0, 0.1) is 12.8 Å². The largest absolute Gasteiger partial charge is 0.497 e. The molecule has 0 bridgehead atoms. The second-order valence-corrected chi connectivity index (χ2v) is 12.5. The number of benzene rings is 3. The van der Waals surface area contributed by atoms with Crippen LogP contribution in [0.1, 0.15) is 21.9 Å². The summed E-state index contributed by atoms with van der Waals surface area (Å²) in [6.07, 6.45) is 0. The predicted molar refractivity (Wildman–Crippen MR) is 168 cm³/mol. The van der Waals surface area contributed by atoms with Gasteiger partial charge in [-0.3, -0.25) is 23.7 Å². The number of carbonyl (C=O) groups excluding carboxylic acids is 3. The van der Waals surface area contributed by atoms with Crippen LogP contribution in [-0.2, 0) is 20.9 Å². The number of amides is 3. The lowest BCUT2D eigenvalue weighted by Gasteiger charge is -2.31. The standard InChI is InChI=1S/C32H29N3O7S2/c1-17-6-5-7-19(14-17)33-24(36)16-34-31-28(44-32(34)39)25(18-8-13-22(41-3)23(15-18)42-4)26-27(43-31)30(38)35(29(26)37)20-9-11-21(40-2)12-10-20/h5-15,25-27H,16H2,1-4H3,(H,33,36). The highest BCUT2D eigenvalue weighted by Gasteiger charge is 2.57. The van der Waals surface area contributed by atoms with Gasteiger partial charge in [0.2, 0.25) is 17.7 Å². The van der Waals surface area contributed by atoms with E-state index in [1.807, 2.05) is 31.2 Å². The van der Waals surface area contributed by atoms with Gasteiger partial charge in [0, 0.05) is 16.5 Å². The number of thioether (sulfide) groups is 1. The summed E-state index contributed by atoms with van der Waals surface area (Å²) in [4.78, 5) is 56.1. The van der Waals surface area contributed by atoms with Crippen molar-refractivity contribution < 1.29 is 28.6 Å². The Morgan fingerprint density at radius 3 is 2.32 bits per heavy atom. The molecule has 1 aromatic heterocycles. The fourth-order valence-corrected chi connectivity index (χ4v) is 8.49. The quantitative estimate of drug-likeness (QED) is 0.279. The molecule has 2 aliphatic heterocycles. The zero-order chi connectivity index (χ0) is 31.1. The van der Waals surface area contributed by atoms with Crippen molar-refractivity contribution in [3.8, 4) is 17.2 Å². The van der Waals surface area contributed by atoms with Gasteiger partial charge in [0.05, 0.1) is 38.0 Å². The molecule has 10 nitrogen and oxygen atoms in total. The van der Waals surface area contributed by atoms with Crippen LogP contribution in [0.3, 0.4) is 0 Å². The molecule has 4 aromatic rings. The number of rotatable bonds is 8. The van der Waals surface area contributed by atoms with Crippen molar-refractivity contribution in [2.24, 2.45) is 5.92 Å². The predicted octanol–water partition coefficient (Wildman–Crippen LogP) is 4.68. The van der Waals surface area contributed by atoms with Gasteiger partial charge in [0.25, 0.3) is 0 Å². The normalized spacial score (nSPS) is 18.9. The minimum atomic E-state index is -0.824. The number of nitrogens with one attached hydrogen (secondary N) is 1. The van der Waals surface area contributed by atoms with E-state index < -0.39 is 17.1 Å². The minimum absolute atomic E-state index is 0.244. The molecular weight excluding hydrogens is 603 g/mol. The molecule has 3 atom stereocenters. The van der Waals surface area contributed by atoms with Crippen LogP contribution in [-0.4, -0.2) is 48.9 Å². The zero-order valence-corrected chi connectivity index (χ0v) is 26.0. The molecule has 0 saturated carbocycles. The van der Waals surface area contributed by atoms with Gasteiger partial charge in [-0.25, -0.2) is 4.90 Å². The lowest BCUT2D eigenvalue weighted by atomic mass is 9.83. The van der Waals surface area contributed by atoms with Gasteiger partial charge >= 0.3 is 4.87 Å². The number of nitrogens with zero attached hydrogens (tertiary/aromatic N) is 2. The first-order valence-corrected chi connectivity index (χ1v) is 15.4. The number of aromatic nitrogens is 1. The topological polar surface area (TPSA) is 116 Å². The summed E-state index contributed by atoms with van der Waals surface area (Å²) in [5, 5.41) is 2.53. The monoisotopic (exact) mass is 631 g/mol. The van der Waals surface area contributed by atoms with E-state index in [1.165, 1.54) is 23.7 Å². The molecule has 2 aliphatic rings. The first kappa shape index (κ1) is 29.5. The Morgan fingerprint density at radius 1 is 0.886 bits per heavy atom. The number of methoxy groups -OCH3 is 3. The molecule has 1 fully saturated rings. The average molecular weight is 632 g/mol. The fraction of sp³-hybridized carbons (Fsp3) is 0.250. The van der Waals surface area contributed by atoms with E-state index in [0.29, 0.717) is 44.1 Å². The van der Waals surface area contributed by atoms with Crippen molar-refractivity contribution in [1.29, 1.82) is 0 Å². The van der Waals surface area contributed by atoms with Crippen LogP contribution in [0.15, 0.2) is 76.6 Å². The summed E-state index contributed by atoms with van der Waals surface area (Å²) in [5.74, 6) is -1.02. The zero-order valence-electron chi connectivity index (χ0n) is 24.4. The third-order valence-electron chi connectivity index (χ3n) is 7.75. The number of carbonyl (C=O) groups is 3. The summed E-state index contributed by atoms with van der Waals surface area (Å²) in [6.45, 7) is 1.68. The maximum absolute atomic E-state index is 14.1. The number of ether oxygens (including phenoxy) is 3. The Hall–Kier alpha value is -4.55. The number of aryl methyl sites for hydroxylation is 1. The Labute approximate surface area is 261 Å². The van der Waals surface area contributed by atoms with Gasteiger partial charge in [-0.05, 0) is 66.6 Å². The summed E-state index contributed by atoms with van der Waals surface area (Å²) in [7, 11) is 4.59. The number of anilines is 2. The Balaban J connectivity index is 1.43. The number of hydrogen-bond donors (Lipinski definition) is 1. The SMILES string of the molecule is COc1ccc(N2C(=O)C3Sc4c(sc(=O)n4CC(=O)Nc4cccc(C)c4)C(c4ccc(OC)c(OC)c4)C3C2=O)cc1. The van der Waals surface area contributed by atoms with Gasteiger partial charge < -0.3 is 19.5 Å². The number of thiazole rings is 1. The molecule has 1 saturated heterocycles. The Kier molecular flexibility index (Phi) is 7.95. The molecule has 3 heterocycles. The number of hydrogen-bond acceptors (Lipinski definition) is 9. The summed E-state index contributed by atoms with van der Waals surface area (Å²) in [5.41, 5.74) is 2.72. The molecular formula is C32H29N3O7S2. The third kappa shape index (κ3) is 5.13. The number of fused-ring (bicyclic) bond motifs is 2. The van der Waals surface area contributed by atoms with Crippen molar-refractivity contribution in [2.75, 3.05) is 31.5 Å². The maximum atomic E-state index is 14.1. The molecule has 3 aromatic carbocycles. The van der Waals surface area contributed by atoms with E-state index in [0.717, 1.165) is 28.7 Å². The molecule has 44 heavy (non-hydrogen) atoms. The maximum Gasteiger partial charge on any atom is 0.308 e. The molecule has 3 amide bonds. The fourth-order valence-electron chi connectivity index (χ4n) is 5.71. The Bertz CT molecular complexity index is 1830. The van der Waals surface area contributed by atoms with E-state index in [2.05, 4.69) is 5.32 Å². The van der Waals surface area contributed by atoms with Gasteiger partial charge in [-0.15, -0.1) is 0 Å². The van der Waals surface area contributed by atoms with Gasteiger partial charge in [0.1, 0.15) is 17.5 Å².